The van der Waals surface area contributed by atoms with Crippen molar-refractivity contribution in [1.29, 1.82) is 0 Å². The Bertz CT molecular complexity index is 3860. The summed E-state index contributed by atoms with van der Waals surface area (Å²) < 4.78 is 14.9. The van der Waals surface area contributed by atoms with Crippen LogP contribution in [0.4, 0.5) is 28.6 Å². The fourth-order valence-electron chi connectivity index (χ4n) is 12.5. The molecule has 72 heavy (non-hydrogen) atoms. The van der Waals surface area contributed by atoms with Crippen LogP contribution < -0.4 is 20.6 Å². The molecule has 2 aromatic heterocycles. The van der Waals surface area contributed by atoms with Crippen molar-refractivity contribution >= 4 is 79.3 Å². The van der Waals surface area contributed by atoms with E-state index in [2.05, 4.69) is 244 Å². The summed E-state index contributed by atoms with van der Waals surface area (Å²) in [6.45, 7) is 25.5. The van der Waals surface area contributed by atoms with Crippen molar-refractivity contribution in [2.45, 2.75) is 111 Å². The van der Waals surface area contributed by atoms with E-state index in [9.17, 15) is 0 Å². The van der Waals surface area contributed by atoms with E-state index >= 15 is 0 Å². The Morgan fingerprint density at radius 2 is 1.15 bits per heavy atom. The van der Waals surface area contributed by atoms with Gasteiger partial charge in [0, 0.05) is 44.1 Å². The highest BCUT2D eigenvalue weighted by molar-refractivity contribution is 6.95. The number of nitrogens with zero attached hydrogens (tertiary/aromatic N) is 2. The van der Waals surface area contributed by atoms with Crippen molar-refractivity contribution in [3.63, 3.8) is 0 Å². The highest BCUT2D eigenvalue weighted by Gasteiger charge is 2.50. The molecule has 0 saturated carbocycles. The Labute approximate surface area is 425 Å². The smallest absolute Gasteiger partial charge is 0.337 e. The van der Waals surface area contributed by atoms with Crippen molar-refractivity contribution in [3.05, 3.63) is 186 Å². The fourth-order valence-corrected chi connectivity index (χ4v) is 12.5. The lowest BCUT2D eigenvalue weighted by Crippen LogP contribution is -2.61. The first-order chi connectivity index (χ1) is 34.4. The number of hydrogen-bond donors (Lipinski definition) is 0. The lowest BCUT2D eigenvalue weighted by Gasteiger charge is -2.44. The molecule has 10 aromatic rings. The van der Waals surface area contributed by atoms with Crippen LogP contribution in [0.1, 0.15) is 110 Å². The predicted octanol–water partition coefficient (Wildman–Crippen LogP) is 17.6. The van der Waals surface area contributed by atoms with Gasteiger partial charge in [0.25, 0.3) is 0 Å². The molecule has 2 aliphatic heterocycles. The quantitative estimate of drug-likeness (QED) is 0.165. The summed E-state index contributed by atoms with van der Waals surface area (Å²) >= 11 is 0. The van der Waals surface area contributed by atoms with Crippen LogP contribution in [0, 0.1) is 6.92 Å². The van der Waals surface area contributed by atoms with Crippen molar-refractivity contribution in [2.75, 3.05) is 9.71 Å². The number of benzene rings is 8. The van der Waals surface area contributed by atoms with Gasteiger partial charge < -0.3 is 13.6 Å². The van der Waals surface area contributed by atoms with Gasteiger partial charge >= 0.3 is 6.85 Å². The van der Waals surface area contributed by atoms with Gasteiger partial charge in [-0.25, -0.2) is 0 Å². The molecule has 0 amide bonds. The fraction of sp³-hybridized carbons (Fsp3) is 0.254. The molecule has 0 N–H and O–H groups in total. The molecule has 0 atom stereocenters. The number of anilines is 5. The summed E-state index contributed by atoms with van der Waals surface area (Å²) in [6.07, 6.45) is 2.24. The van der Waals surface area contributed by atoms with Crippen LogP contribution in [0.15, 0.2) is 167 Å². The van der Waals surface area contributed by atoms with E-state index in [1.165, 1.54) is 61.0 Å². The van der Waals surface area contributed by atoms with Crippen molar-refractivity contribution < 1.29 is 8.83 Å². The van der Waals surface area contributed by atoms with E-state index in [0.717, 1.165) is 85.5 Å². The highest BCUT2D eigenvalue weighted by atomic mass is 16.4. The van der Waals surface area contributed by atoms with Gasteiger partial charge in [-0.05, 0) is 158 Å². The van der Waals surface area contributed by atoms with E-state index < -0.39 is 0 Å². The van der Waals surface area contributed by atoms with Crippen LogP contribution in [0.5, 0.6) is 0 Å². The van der Waals surface area contributed by atoms with Gasteiger partial charge in [-0.1, -0.05) is 166 Å². The SMILES string of the molecule is Cc1ccccc1-c1cc2c3c(c1)N(c1ccc(C(C)(C)C)cc1-c1ccccc1)c1oc4cc5c(cc4c1B3N(c1ccc(C(C)(C)C)cc1)c1c-2ccc2c1oc1ccccc12)C(C)(C)CCC5(C)C. The third-order valence-electron chi connectivity index (χ3n) is 16.8. The lowest BCUT2D eigenvalue weighted by atomic mass is 9.43. The van der Waals surface area contributed by atoms with Gasteiger partial charge in [0.15, 0.2) is 5.58 Å². The molecule has 0 radical (unpaired) electrons. The average Bonchev–Trinajstić information content (AvgIpc) is 3.93. The molecule has 356 valence electrons. The second-order valence-corrected chi connectivity index (χ2v) is 24.4. The standard InChI is InChI=1S/C67H63BN2O2/c1-40-19-15-16-22-46(40)42-35-51-48-30-31-49-47-23-17-18-24-57(47)71-62(49)61(48)70(45-28-25-43(26-29-45)64(2,3)4)68-59(51)56(36-42)69(55-32-27-44(65(5,6)7)37-50(55)41-20-13-12-14-21-41)63-60(68)52-38-53-54(39-58(52)72-63)67(10,11)34-33-66(53,8)9/h12-32,35-39H,33-34H2,1-11H3. The number of fused-ring (bicyclic) bond motifs is 11. The third kappa shape index (κ3) is 6.65. The Morgan fingerprint density at radius 1 is 0.486 bits per heavy atom. The maximum Gasteiger partial charge on any atom is 0.337 e. The lowest BCUT2D eigenvalue weighted by molar-refractivity contribution is 0.332. The molecule has 8 aromatic carbocycles. The molecule has 0 saturated heterocycles. The topological polar surface area (TPSA) is 32.8 Å². The van der Waals surface area contributed by atoms with Crippen LogP contribution in [-0.4, -0.2) is 6.85 Å². The Morgan fingerprint density at radius 3 is 1.88 bits per heavy atom. The molecule has 0 unspecified atom stereocenters. The minimum Gasteiger partial charge on any atom is -0.454 e. The Balaban J connectivity index is 1.23. The zero-order chi connectivity index (χ0) is 49.8. The average molecular weight is 939 g/mol. The van der Waals surface area contributed by atoms with E-state index in [1.54, 1.807) is 0 Å². The van der Waals surface area contributed by atoms with E-state index in [1.807, 2.05) is 0 Å². The van der Waals surface area contributed by atoms with Crippen molar-refractivity contribution in [2.24, 2.45) is 0 Å². The van der Waals surface area contributed by atoms with E-state index in [4.69, 9.17) is 8.83 Å². The summed E-state index contributed by atoms with van der Waals surface area (Å²) in [4.78, 5) is 5.12. The van der Waals surface area contributed by atoms with Gasteiger partial charge in [-0.3, -0.25) is 4.90 Å². The second kappa shape index (κ2) is 15.4. The van der Waals surface area contributed by atoms with Gasteiger partial charge in [0.1, 0.15) is 11.2 Å². The van der Waals surface area contributed by atoms with Gasteiger partial charge in [0.05, 0.1) is 11.4 Å². The predicted molar refractivity (Wildman–Crippen MR) is 306 cm³/mol. The molecule has 0 spiro atoms. The van der Waals surface area contributed by atoms with Gasteiger partial charge in [-0.2, -0.15) is 0 Å². The molecule has 3 aliphatic rings. The van der Waals surface area contributed by atoms with Crippen LogP contribution in [0.25, 0.3) is 66.3 Å². The first-order valence-corrected chi connectivity index (χ1v) is 26.1. The van der Waals surface area contributed by atoms with Crippen molar-refractivity contribution in [3.8, 4) is 33.4 Å². The summed E-state index contributed by atoms with van der Waals surface area (Å²) in [5, 5.41) is 3.39. The van der Waals surface area contributed by atoms with E-state index in [-0.39, 0.29) is 28.5 Å². The Hall–Kier alpha value is -7.24. The Kier molecular flexibility index (Phi) is 9.55. The summed E-state index contributed by atoms with van der Waals surface area (Å²) in [7, 11) is 0. The molecule has 4 heterocycles. The minimum absolute atomic E-state index is 0.00855. The molecule has 0 fully saturated rings. The molecule has 1 aliphatic carbocycles. The molecular weight excluding hydrogens is 876 g/mol. The molecule has 13 rings (SSSR count). The second-order valence-electron chi connectivity index (χ2n) is 24.4. The number of rotatable bonds is 4. The zero-order valence-electron chi connectivity index (χ0n) is 43.7. The largest absolute Gasteiger partial charge is 0.454 e. The van der Waals surface area contributed by atoms with Crippen LogP contribution >= 0.6 is 0 Å². The highest BCUT2D eigenvalue weighted by Crippen LogP contribution is 2.55. The minimum atomic E-state index is -0.299. The van der Waals surface area contributed by atoms with Gasteiger partial charge in [-0.15, -0.1) is 0 Å². The first-order valence-electron chi connectivity index (χ1n) is 26.1. The summed E-state index contributed by atoms with van der Waals surface area (Å²) in [5.41, 5.74) is 23.0. The molecular formula is C67H63BN2O2. The first kappa shape index (κ1) is 44.7. The third-order valence-corrected chi connectivity index (χ3v) is 16.8. The van der Waals surface area contributed by atoms with Crippen LogP contribution in [-0.2, 0) is 21.7 Å². The normalized spacial score (nSPS) is 15.7. The zero-order valence-corrected chi connectivity index (χ0v) is 43.7. The van der Waals surface area contributed by atoms with Crippen LogP contribution in [0.2, 0.25) is 0 Å². The maximum atomic E-state index is 7.74. The van der Waals surface area contributed by atoms with Gasteiger partial charge in [0.2, 0.25) is 5.88 Å². The van der Waals surface area contributed by atoms with Crippen LogP contribution in [0.3, 0.4) is 0 Å². The molecule has 4 nitrogen and oxygen atoms in total. The number of hydrogen-bond acceptors (Lipinski definition) is 4. The molecule has 5 heteroatoms. The maximum absolute atomic E-state index is 7.74. The number of furan rings is 2. The summed E-state index contributed by atoms with van der Waals surface area (Å²) in [5.74, 6) is 0.852. The molecule has 0 bridgehead atoms. The van der Waals surface area contributed by atoms with E-state index in [0.29, 0.717) is 0 Å². The monoisotopic (exact) mass is 938 g/mol. The summed E-state index contributed by atoms with van der Waals surface area (Å²) in [6, 6.07) is 59.3. The van der Waals surface area contributed by atoms with Crippen molar-refractivity contribution in [1.82, 2.24) is 0 Å². The number of para-hydroxylation sites is 1. The number of aryl methyl sites for hydroxylation is 1.